The highest BCUT2D eigenvalue weighted by Gasteiger charge is 2.04. The molecule has 102 valence electrons. The van der Waals surface area contributed by atoms with Crippen molar-refractivity contribution in [2.24, 2.45) is 0 Å². The van der Waals surface area contributed by atoms with E-state index in [2.05, 4.69) is 17.2 Å². The molecule has 0 unspecified atom stereocenters. The van der Waals surface area contributed by atoms with E-state index in [1.54, 1.807) is 12.1 Å². The first kappa shape index (κ1) is 15.2. The van der Waals surface area contributed by atoms with E-state index in [9.17, 15) is 4.79 Å². The summed E-state index contributed by atoms with van der Waals surface area (Å²) in [6.07, 6.45) is 1.12. The van der Waals surface area contributed by atoms with Crippen LogP contribution in [0.2, 0.25) is 0 Å². The average molecular weight is 261 g/mol. The number of aliphatic hydroxyl groups excluding tert-OH is 1. The van der Waals surface area contributed by atoms with Gasteiger partial charge in [0.15, 0.2) is 0 Å². The Morgan fingerprint density at radius 3 is 2.95 bits per heavy atom. The average Bonchev–Trinajstić information content (AvgIpc) is 2.43. The number of hydrogen-bond acceptors (Lipinski definition) is 3. The van der Waals surface area contributed by atoms with Crippen molar-refractivity contribution in [3.63, 3.8) is 0 Å². The minimum Gasteiger partial charge on any atom is -0.384 e. The first-order valence-corrected chi connectivity index (χ1v) is 6.34. The predicted octanol–water partition coefficient (Wildman–Crippen LogP) is 1.79. The molecule has 0 spiro atoms. The van der Waals surface area contributed by atoms with Gasteiger partial charge in [0, 0.05) is 25.2 Å². The van der Waals surface area contributed by atoms with E-state index in [1.165, 1.54) is 0 Å². The van der Waals surface area contributed by atoms with Crippen molar-refractivity contribution in [1.29, 1.82) is 0 Å². The number of carbonyl (C=O) groups is 1. The molecule has 0 bridgehead atoms. The molecule has 0 atom stereocenters. The second-order valence-electron chi connectivity index (χ2n) is 3.85. The lowest BCUT2D eigenvalue weighted by Crippen LogP contribution is -2.13. The van der Waals surface area contributed by atoms with E-state index in [0.717, 1.165) is 0 Å². The number of nitrogens with one attached hydrogen (secondary N) is 1. The topological polar surface area (TPSA) is 58.6 Å². The minimum absolute atomic E-state index is 0.0575. The van der Waals surface area contributed by atoms with Crippen LogP contribution in [0, 0.1) is 11.8 Å². The molecule has 19 heavy (non-hydrogen) atoms. The largest absolute Gasteiger partial charge is 0.384 e. The summed E-state index contributed by atoms with van der Waals surface area (Å²) in [5.74, 6) is 5.32. The number of rotatable bonds is 6. The van der Waals surface area contributed by atoms with Crippen LogP contribution in [-0.4, -0.2) is 30.8 Å². The van der Waals surface area contributed by atoms with E-state index >= 15 is 0 Å². The fourth-order valence-electron chi connectivity index (χ4n) is 1.53. The van der Waals surface area contributed by atoms with Crippen molar-refractivity contribution >= 4 is 11.6 Å². The number of ether oxygens (including phenoxy) is 1. The van der Waals surface area contributed by atoms with Crippen LogP contribution in [0.25, 0.3) is 0 Å². The van der Waals surface area contributed by atoms with Crippen LogP contribution in [0.1, 0.15) is 25.3 Å². The molecule has 0 aromatic heterocycles. The fraction of sp³-hybridized carbons (Fsp3) is 0.400. The molecule has 0 saturated heterocycles. The van der Waals surface area contributed by atoms with Gasteiger partial charge in [-0.3, -0.25) is 4.79 Å². The molecule has 4 nitrogen and oxygen atoms in total. The van der Waals surface area contributed by atoms with E-state index in [4.69, 9.17) is 9.84 Å². The van der Waals surface area contributed by atoms with Crippen molar-refractivity contribution < 1.29 is 14.6 Å². The summed E-state index contributed by atoms with van der Waals surface area (Å²) in [6.45, 7) is 2.99. The highest BCUT2D eigenvalue weighted by atomic mass is 16.5. The van der Waals surface area contributed by atoms with Gasteiger partial charge in [-0.25, -0.2) is 0 Å². The van der Waals surface area contributed by atoms with Crippen molar-refractivity contribution in [3.05, 3.63) is 29.8 Å². The van der Waals surface area contributed by atoms with Crippen LogP contribution in [-0.2, 0) is 9.53 Å². The molecule has 1 aromatic rings. The van der Waals surface area contributed by atoms with Gasteiger partial charge in [-0.05, 0) is 25.5 Å². The summed E-state index contributed by atoms with van der Waals surface area (Å²) in [6, 6.07) is 7.27. The zero-order valence-electron chi connectivity index (χ0n) is 11.1. The monoisotopic (exact) mass is 261 g/mol. The zero-order valence-corrected chi connectivity index (χ0v) is 11.1. The molecule has 0 aliphatic carbocycles. The van der Waals surface area contributed by atoms with Crippen LogP contribution < -0.4 is 5.32 Å². The van der Waals surface area contributed by atoms with E-state index in [0.29, 0.717) is 37.3 Å². The molecule has 0 radical (unpaired) electrons. The maximum Gasteiger partial charge on any atom is 0.224 e. The molecule has 0 aliphatic heterocycles. The van der Waals surface area contributed by atoms with E-state index < -0.39 is 0 Å². The molecule has 1 amide bonds. The lowest BCUT2D eigenvalue weighted by molar-refractivity contribution is -0.116. The normalized spacial score (nSPS) is 9.58. The van der Waals surface area contributed by atoms with Gasteiger partial charge in [0.2, 0.25) is 5.91 Å². The quantitative estimate of drug-likeness (QED) is 0.606. The Hall–Kier alpha value is -1.83. The SMILES string of the molecule is CCOCCCC(=O)Nc1ccccc1C#CCO. The maximum absolute atomic E-state index is 11.7. The van der Waals surface area contributed by atoms with Gasteiger partial charge in [0.25, 0.3) is 0 Å². The molecule has 2 N–H and O–H groups in total. The van der Waals surface area contributed by atoms with Gasteiger partial charge in [-0.15, -0.1) is 0 Å². The molecule has 0 saturated carbocycles. The predicted molar refractivity (Wildman–Crippen MR) is 74.8 cm³/mol. The number of carbonyl (C=O) groups excluding carboxylic acids is 1. The number of hydrogen-bond donors (Lipinski definition) is 2. The van der Waals surface area contributed by atoms with Crippen LogP contribution in [0.3, 0.4) is 0 Å². The molecule has 0 fully saturated rings. The lowest BCUT2D eigenvalue weighted by Gasteiger charge is -2.07. The third-order valence-electron chi connectivity index (χ3n) is 2.40. The lowest BCUT2D eigenvalue weighted by atomic mass is 10.1. The van der Waals surface area contributed by atoms with Gasteiger partial charge in [0.05, 0.1) is 5.69 Å². The fourth-order valence-corrected chi connectivity index (χ4v) is 1.53. The Bertz CT molecular complexity index is 460. The second-order valence-corrected chi connectivity index (χ2v) is 3.85. The number of anilines is 1. The van der Waals surface area contributed by atoms with E-state index in [-0.39, 0.29) is 12.5 Å². The molecular formula is C15H19NO3. The van der Waals surface area contributed by atoms with Crippen molar-refractivity contribution in [2.45, 2.75) is 19.8 Å². The smallest absolute Gasteiger partial charge is 0.224 e. The Kier molecular flexibility index (Phi) is 7.33. The van der Waals surface area contributed by atoms with Gasteiger partial charge in [-0.2, -0.15) is 0 Å². The summed E-state index contributed by atoms with van der Waals surface area (Å²) >= 11 is 0. The second kappa shape index (κ2) is 9.15. The zero-order chi connectivity index (χ0) is 13.9. The molecular weight excluding hydrogens is 242 g/mol. The number of aliphatic hydroxyl groups is 1. The molecule has 4 heteroatoms. The van der Waals surface area contributed by atoms with Gasteiger partial charge >= 0.3 is 0 Å². The Balaban J connectivity index is 2.54. The summed E-state index contributed by atoms with van der Waals surface area (Å²) in [7, 11) is 0. The summed E-state index contributed by atoms with van der Waals surface area (Å²) < 4.78 is 5.18. The molecule has 0 aliphatic rings. The first-order chi connectivity index (χ1) is 9.27. The number of amides is 1. The first-order valence-electron chi connectivity index (χ1n) is 6.34. The molecule has 1 aromatic carbocycles. The highest BCUT2D eigenvalue weighted by Crippen LogP contribution is 2.14. The molecule has 0 heterocycles. The van der Waals surface area contributed by atoms with Crippen molar-refractivity contribution in [3.8, 4) is 11.8 Å². The molecule has 1 rings (SSSR count). The Labute approximate surface area is 113 Å². The van der Waals surface area contributed by atoms with Crippen LogP contribution in [0.5, 0.6) is 0 Å². The highest BCUT2D eigenvalue weighted by molar-refractivity contribution is 5.92. The van der Waals surface area contributed by atoms with Crippen LogP contribution in [0.15, 0.2) is 24.3 Å². The van der Waals surface area contributed by atoms with Crippen molar-refractivity contribution in [2.75, 3.05) is 25.1 Å². The third kappa shape index (κ3) is 6.05. The van der Waals surface area contributed by atoms with Gasteiger partial charge in [-0.1, -0.05) is 24.0 Å². The number of para-hydroxylation sites is 1. The van der Waals surface area contributed by atoms with Crippen LogP contribution >= 0.6 is 0 Å². The van der Waals surface area contributed by atoms with Gasteiger partial charge < -0.3 is 15.2 Å². The summed E-state index contributed by atoms with van der Waals surface area (Å²) in [5, 5.41) is 11.5. The maximum atomic E-state index is 11.7. The summed E-state index contributed by atoms with van der Waals surface area (Å²) in [5.41, 5.74) is 1.37. The Morgan fingerprint density at radius 2 is 2.21 bits per heavy atom. The number of benzene rings is 1. The van der Waals surface area contributed by atoms with Crippen molar-refractivity contribution in [1.82, 2.24) is 0 Å². The summed E-state index contributed by atoms with van der Waals surface area (Å²) in [4.78, 5) is 11.7. The van der Waals surface area contributed by atoms with Crippen LogP contribution in [0.4, 0.5) is 5.69 Å². The Morgan fingerprint density at radius 1 is 1.42 bits per heavy atom. The van der Waals surface area contributed by atoms with E-state index in [1.807, 2.05) is 19.1 Å². The minimum atomic E-state index is -0.198. The van der Waals surface area contributed by atoms with Gasteiger partial charge in [0.1, 0.15) is 6.61 Å². The third-order valence-corrected chi connectivity index (χ3v) is 2.40. The standard InChI is InChI=1S/C15H19NO3/c1-2-19-12-6-10-15(18)16-14-9-4-3-7-13(14)8-5-11-17/h3-4,7,9,17H,2,6,10-12H2,1H3,(H,16,18).